The van der Waals surface area contributed by atoms with Crippen molar-refractivity contribution < 1.29 is 5.11 Å². The average Bonchev–Trinajstić information content (AvgIpc) is 2.85. The molecular weight excluding hydrogens is 312 g/mol. The lowest BCUT2D eigenvalue weighted by atomic mass is 10.1. The second kappa shape index (κ2) is 8.04. The molecule has 0 atom stereocenters. The van der Waals surface area contributed by atoms with Crippen molar-refractivity contribution in [2.24, 2.45) is 12.0 Å². The molecule has 1 aromatic carbocycles. The summed E-state index contributed by atoms with van der Waals surface area (Å²) < 4.78 is 2.01. The second-order valence-corrected chi connectivity index (χ2v) is 5.93. The number of aryl methyl sites for hydroxylation is 1. The first-order valence-corrected chi connectivity index (χ1v) is 7.82. The summed E-state index contributed by atoms with van der Waals surface area (Å²) in [4.78, 5) is 6.36. The fourth-order valence-corrected chi connectivity index (χ4v) is 2.72. The van der Waals surface area contributed by atoms with Gasteiger partial charge >= 0.3 is 0 Å². The van der Waals surface area contributed by atoms with Gasteiger partial charge in [0.1, 0.15) is 0 Å². The Bertz CT molecular complexity index is 681. The summed E-state index contributed by atoms with van der Waals surface area (Å²) in [5.41, 5.74) is 3.13. The number of hydrogen-bond acceptors (Lipinski definition) is 2. The number of halogens is 1. The van der Waals surface area contributed by atoms with Crippen molar-refractivity contribution in [2.75, 3.05) is 14.1 Å². The van der Waals surface area contributed by atoms with Crippen LogP contribution in [0, 0.1) is 0 Å². The van der Waals surface area contributed by atoms with Crippen molar-refractivity contribution in [2.45, 2.75) is 19.7 Å². The van der Waals surface area contributed by atoms with Gasteiger partial charge in [0.05, 0.1) is 18.2 Å². The smallest absolute Gasteiger partial charge is 0.194 e. The molecule has 0 bridgehead atoms. The molecule has 2 rings (SSSR count). The lowest BCUT2D eigenvalue weighted by Gasteiger charge is -2.22. The lowest BCUT2D eigenvalue weighted by Crippen LogP contribution is -2.38. The van der Waals surface area contributed by atoms with E-state index >= 15 is 0 Å². The molecule has 0 aliphatic carbocycles. The van der Waals surface area contributed by atoms with Gasteiger partial charge in [-0.3, -0.25) is 4.99 Å². The molecule has 124 valence electrons. The molecule has 1 aromatic heterocycles. The van der Waals surface area contributed by atoms with Crippen LogP contribution >= 0.6 is 11.6 Å². The van der Waals surface area contributed by atoms with Crippen molar-refractivity contribution in [3.8, 4) is 0 Å². The van der Waals surface area contributed by atoms with Gasteiger partial charge in [0, 0.05) is 39.6 Å². The molecule has 0 radical (unpaired) electrons. The summed E-state index contributed by atoms with van der Waals surface area (Å²) >= 11 is 6.03. The number of guanidine groups is 1. The van der Waals surface area contributed by atoms with Gasteiger partial charge in [0.2, 0.25) is 0 Å². The van der Waals surface area contributed by atoms with Gasteiger partial charge in [-0.05, 0) is 17.2 Å². The summed E-state index contributed by atoms with van der Waals surface area (Å²) in [5.74, 6) is 0.803. The van der Waals surface area contributed by atoms with Crippen molar-refractivity contribution in [3.63, 3.8) is 0 Å². The number of aliphatic hydroxyl groups excluding tert-OH is 1. The number of benzene rings is 1. The van der Waals surface area contributed by atoms with Crippen molar-refractivity contribution in [3.05, 3.63) is 58.4 Å². The van der Waals surface area contributed by atoms with Gasteiger partial charge in [0.25, 0.3) is 0 Å². The van der Waals surface area contributed by atoms with Crippen LogP contribution in [0.1, 0.15) is 16.8 Å². The third-order valence-corrected chi connectivity index (χ3v) is 3.88. The van der Waals surface area contributed by atoms with Crippen LogP contribution in [0.4, 0.5) is 0 Å². The first-order valence-electron chi connectivity index (χ1n) is 7.44. The molecule has 0 unspecified atom stereocenters. The monoisotopic (exact) mass is 334 g/mol. The van der Waals surface area contributed by atoms with E-state index in [0.717, 1.165) is 27.8 Å². The van der Waals surface area contributed by atoms with Crippen LogP contribution in [0.5, 0.6) is 0 Å². The van der Waals surface area contributed by atoms with E-state index in [0.29, 0.717) is 13.1 Å². The predicted molar refractivity (Wildman–Crippen MR) is 94.5 cm³/mol. The standard InChI is InChI=1S/C17H23ClN4O/c1-19-17(20-9-13-5-4-6-14(7-13)12-23)22(3)11-16-8-15(18)10-21(16)2/h4-8,10,23H,9,11-12H2,1-3H3,(H,19,20). The zero-order valence-corrected chi connectivity index (χ0v) is 14.5. The molecule has 0 amide bonds. The third-order valence-electron chi connectivity index (χ3n) is 3.67. The van der Waals surface area contributed by atoms with E-state index in [1.54, 1.807) is 7.05 Å². The second-order valence-electron chi connectivity index (χ2n) is 5.50. The maximum Gasteiger partial charge on any atom is 0.194 e. The number of rotatable bonds is 5. The summed E-state index contributed by atoms with van der Waals surface area (Å²) in [7, 11) is 5.73. The molecule has 23 heavy (non-hydrogen) atoms. The summed E-state index contributed by atoms with van der Waals surface area (Å²) in [6, 6.07) is 9.81. The topological polar surface area (TPSA) is 52.8 Å². The molecule has 0 fully saturated rings. The normalized spacial score (nSPS) is 11.6. The van der Waals surface area contributed by atoms with E-state index in [4.69, 9.17) is 11.6 Å². The molecular formula is C17H23ClN4O. The number of aromatic nitrogens is 1. The van der Waals surface area contributed by atoms with Gasteiger partial charge in [-0.1, -0.05) is 35.9 Å². The Morgan fingerprint density at radius 1 is 1.35 bits per heavy atom. The minimum Gasteiger partial charge on any atom is -0.392 e. The zero-order chi connectivity index (χ0) is 16.8. The Kier molecular flexibility index (Phi) is 6.07. The number of hydrogen-bond donors (Lipinski definition) is 2. The quantitative estimate of drug-likeness (QED) is 0.652. The van der Waals surface area contributed by atoms with Crippen LogP contribution < -0.4 is 5.32 Å². The van der Waals surface area contributed by atoms with Crippen LogP contribution in [0.3, 0.4) is 0 Å². The Morgan fingerprint density at radius 3 is 2.70 bits per heavy atom. The molecule has 5 nitrogen and oxygen atoms in total. The molecule has 0 saturated heterocycles. The van der Waals surface area contributed by atoms with E-state index in [9.17, 15) is 5.11 Å². The molecule has 0 aliphatic rings. The predicted octanol–water partition coefficient (Wildman–Crippen LogP) is 2.38. The molecule has 6 heteroatoms. The lowest BCUT2D eigenvalue weighted by molar-refractivity contribution is 0.281. The van der Waals surface area contributed by atoms with E-state index in [1.165, 1.54) is 0 Å². The zero-order valence-electron chi connectivity index (χ0n) is 13.8. The molecule has 0 spiro atoms. The van der Waals surface area contributed by atoms with Crippen molar-refractivity contribution >= 4 is 17.6 Å². The van der Waals surface area contributed by atoms with Gasteiger partial charge in [-0.25, -0.2) is 0 Å². The van der Waals surface area contributed by atoms with Crippen LogP contribution in [0.25, 0.3) is 0 Å². The van der Waals surface area contributed by atoms with Crippen LogP contribution in [-0.2, 0) is 26.7 Å². The largest absolute Gasteiger partial charge is 0.392 e. The summed E-state index contributed by atoms with van der Waals surface area (Å²) in [6.07, 6.45) is 1.89. The van der Waals surface area contributed by atoms with Gasteiger partial charge in [-0.2, -0.15) is 0 Å². The van der Waals surface area contributed by atoms with Crippen molar-refractivity contribution in [1.82, 2.24) is 14.8 Å². The molecule has 2 aromatic rings. The Labute approximate surface area is 142 Å². The maximum atomic E-state index is 9.20. The summed E-state index contributed by atoms with van der Waals surface area (Å²) in [5, 5.41) is 13.3. The van der Waals surface area contributed by atoms with Crippen LogP contribution in [0.2, 0.25) is 5.02 Å². The molecule has 0 saturated carbocycles. The van der Waals surface area contributed by atoms with Crippen LogP contribution in [-0.4, -0.2) is 34.6 Å². The fraction of sp³-hybridized carbons (Fsp3) is 0.353. The Balaban J connectivity index is 1.97. The maximum absolute atomic E-state index is 9.20. The highest BCUT2D eigenvalue weighted by Gasteiger charge is 2.09. The van der Waals surface area contributed by atoms with E-state index in [1.807, 2.05) is 60.1 Å². The van der Waals surface area contributed by atoms with Gasteiger partial charge in [0.15, 0.2) is 5.96 Å². The molecule has 0 aliphatic heterocycles. The molecule has 2 N–H and O–H groups in total. The average molecular weight is 335 g/mol. The number of nitrogens with zero attached hydrogens (tertiary/aromatic N) is 3. The highest BCUT2D eigenvalue weighted by atomic mass is 35.5. The highest BCUT2D eigenvalue weighted by molar-refractivity contribution is 6.30. The number of aliphatic hydroxyl groups is 1. The SMILES string of the molecule is CN=C(NCc1cccc(CO)c1)N(C)Cc1cc(Cl)cn1C. The third kappa shape index (κ3) is 4.74. The highest BCUT2D eigenvalue weighted by Crippen LogP contribution is 2.14. The minimum atomic E-state index is 0.0523. The van der Waals surface area contributed by atoms with Gasteiger partial charge < -0.3 is 19.9 Å². The Hall–Kier alpha value is -1.98. The fourth-order valence-electron chi connectivity index (χ4n) is 2.45. The van der Waals surface area contributed by atoms with Crippen molar-refractivity contribution in [1.29, 1.82) is 0 Å². The minimum absolute atomic E-state index is 0.0523. The first-order chi connectivity index (χ1) is 11.0. The van der Waals surface area contributed by atoms with Gasteiger partial charge in [-0.15, -0.1) is 0 Å². The van der Waals surface area contributed by atoms with E-state index in [-0.39, 0.29) is 6.61 Å². The first kappa shape index (κ1) is 17.4. The van der Waals surface area contributed by atoms with E-state index < -0.39 is 0 Å². The number of nitrogens with one attached hydrogen (secondary N) is 1. The van der Waals surface area contributed by atoms with Crippen LogP contribution in [0.15, 0.2) is 41.5 Å². The number of aliphatic imine (C=N–C) groups is 1. The Morgan fingerprint density at radius 2 is 2.09 bits per heavy atom. The summed E-state index contributed by atoms with van der Waals surface area (Å²) in [6.45, 7) is 1.41. The van der Waals surface area contributed by atoms with E-state index in [2.05, 4.69) is 10.3 Å². The molecule has 1 heterocycles.